The summed E-state index contributed by atoms with van der Waals surface area (Å²) < 4.78 is 5.44. The van der Waals surface area contributed by atoms with Gasteiger partial charge in [0.25, 0.3) is 0 Å². The molecule has 3 nitrogen and oxygen atoms in total. The van der Waals surface area contributed by atoms with E-state index in [4.69, 9.17) is 4.74 Å². The van der Waals surface area contributed by atoms with Crippen molar-refractivity contribution in [2.45, 2.75) is 38.6 Å². The van der Waals surface area contributed by atoms with Crippen molar-refractivity contribution in [2.24, 2.45) is 5.92 Å². The smallest absolute Gasteiger partial charge is 0.0468 e. The molecule has 3 heteroatoms. The van der Waals surface area contributed by atoms with Crippen LogP contribution >= 0.6 is 0 Å². The second kappa shape index (κ2) is 6.86. The summed E-state index contributed by atoms with van der Waals surface area (Å²) in [6, 6.07) is 2.62. The molecule has 0 saturated carbocycles. The van der Waals surface area contributed by atoms with Crippen molar-refractivity contribution in [3.8, 4) is 0 Å². The lowest BCUT2D eigenvalue weighted by atomic mass is 9.88. The highest BCUT2D eigenvalue weighted by molar-refractivity contribution is 5.26. The SMILES string of the molecule is CCc1cnccc1C(CC1CCOCC1)NC. The summed E-state index contributed by atoms with van der Waals surface area (Å²) in [5, 5.41) is 3.47. The Bertz CT molecular complexity index is 361. The van der Waals surface area contributed by atoms with Crippen molar-refractivity contribution >= 4 is 0 Å². The molecule has 0 radical (unpaired) electrons. The summed E-state index contributed by atoms with van der Waals surface area (Å²) in [4.78, 5) is 4.23. The Balaban J connectivity index is 2.07. The van der Waals surface area contributed by atoms with E-state index in [1.54, 1.807) is 0 Å². The van der Waals surface area contributed by atoms with Crippen molar-refractivity contribution in [1.29, 1.82) is 0 Å². The molecule has 2 heterocycles. The van der Waals surface area contributed by atoms with Crippen molar-refractivity contribution in [3.63, 3.8) is 0 Å². The fraction of sp³-hybridized carbons (Fsp3) is 0.667. The summed E-state index contributed by atoms with van der Waals surface area (Å²) in [6.45, 7) is 4.05. The normalized spacial score (nSPS) is 18.8. The molecule has 1 aliphatic rings. The molecule has 1 aromatic rings. The highest BCUT2D eigenvalue weighted by atomic mass is 16.5. The van der Waals surface area contributed by atoms with E-state index in [1.807, 2.05) is 12.4 Å². The lowest BCUT2D eigenvalue weighted by Crippen LogP contribution is -2.24. The maximum atomic E-state index is 5.44. The van der Waals surface area contributed by atoms with E-state index in [9.17, 15) is 0 Å². The third-order valence-corrected chi connectivity index (χ3v) is 3.96. The second-order valence-corrected chi connectivity index (χ2v) is 5.06. The quantitative estimate of drug-likeness (QED) is 0.870. The molecular weight excluding hydrogens is 224 g/mol. The standard InChI is InChI=1S/C15H24N2O/c1-3-13-11-17-7-4-14(13)15(16-2)10-12-5-8-18-9-6-12/h4,7,11-12,15-16H,3,5-6,8-10H2,1-2H3. The zero-order valence-corrected chi connectivity index (χ0v) is 11.5. The van der Waals surface area contributed by atoms with Gasteiger partial charge in [0.15, 0.2) is 0 Å². The van der Waals surface area contributed by atoms with Crippen molar-refractivity contribution in [3.05, 3.63) is 29.6 Å². The van der Waals surface area contributed by atoms with Crippen LogP contribution in [0.5, 0.6) is 0 Å². The van der Waals surface area contributed by atoms with Crippen LogP contribution in [0.25, 0.3) is 0 Å². The van der Waals surface area contributed by atoms with Crippen LogP contribution in [-0.4, -0.2) is 25.2 Å². The molecule has 0 bridgehead atoms. The monoisotopic (exact) mass is 248 g/mol. The number of aromatic nitrogens is 1. The van der Waals surface area contributed by atoms with E-state index >= 15 is 0 Å². The van der Waals surface area contributed by atoms with Crippen LogP contribution in [0.15, 0.2) is 18.5 Å². The average molecular weight is 248 g/mol. The van der Waals surface area contributed by atoms with E-state index in [-0.39, 0.29) is 0 Å². The first-order chi connectivity index (χ1) is 8.85. The lowest BCUT2D eigenvalue weighted by molar-refractivity contribution is 0.0607. The van der Waals surface area contributed by atoms with Crippen LogP contribution < -0.4 is 5.32 Å². The van der Waals surface area contributed by atoms with Gasteiger partial charge in [-0.05, 0) is 55.8 Å². The minimum Gasteiger partial charge on any atom is -0.381 e. The minimum atomic E-state index is 0.450. The lowest BCUT2D eigenvalue weighted by Gasteiger charge is -2.27. The van der Waals surface area contributed by atoms with Gasteiger partial charge < -0.3 is 10.1 Å². The van der Waals surface area contributed by atoms with Gasteiger partial charge in [0.2, 0.25) is 0 Å². The van der Waals surface area contributed by atoms with E-state index in [0.717, 1.165) is 25.6 Å². The molecule has 1 atom stereocenters. The second-order valence-electron chi connectivity index (χ2n) is 5.06. The molecule has 1 fully saturated rings. The fourth-order valence-corrected chi connectivity index (χ4v) is 2.79. The zero-order valence-electron chi connectivity index (χ0n) is 11.5. The summed E-state index contributed by atoms with van der Waals surface area (Å²) in [6.07, 6.45) is 8.56. The minimum absolute atomic E-state index is 0.450. The Hall–Kier alpha value is -0.930. The molecular formula is C15H24N2O. The molecule has 100 valence electrons. The topological polar surface area (TPSA) is 34.1 Å². The van der Waals surface area contributed by atoms with Crippen molar-refractivity contribution in [2.75, 3.05) is 20.3 Å². The van der Waals surface area contributed by atoms with Crippen LogP contribution in [0.2, 0.25) is 0 Å². The Labute approximate surface area is 110 Å². The number of hydrogen-bond acceptors (Lipinski definition) is 3. The Morgan fingerprint density at radius 2 is 2.22 bits per heavy atom. The van der Waals surface area contributed by atoms with Crippen LogP contribution in [0.3, 0.4) is 0 Å². The van der Waals surface area contributed by atoms with E-state index in [0.29, 0.717) is 6.04 Å². The number of hydrogen-bond donors (Lipinski definition) is 1. The number of pyridine rings is 1. The predicted molar refractivity (Wildman–Crippen MR) is 73.6 cm³/mol. The molecule has 1 N–H and O–H groups in total. The molecule has 0 spiro atoms. The van der Waals surface area contributed by atoms with Crippen LogP contribution in [0.1, 0.15) is 43.4 Å². The number of nitrogens with one attached hydrogen (secondary N) is 1. The number of ether oxygens (including phenoxy) is 1. The number of aryl methyl sites for hydroxylation is 1. The Morgan fingerprint density at radius 1 is 1.44 bits per heavy atom. The van der Waals surface area contributed by atoms with Gasteiger partial charge in [0.05, 0.1) is 0 Å². The molecule has 1 saturated heterocycles. The summed E-state index contributed by atoms with van der Waals surface area (Å²) in [7, 11) is 2.06. The molecule has 1 aliphatic heterocycles. The maximum Gasteiger partial charge on any atom is 0.0468 e. The van der Waals surface area contributed by atoms with Gasteiger partial charge in [-0.2, -0.15) is 0 Å². The third kappa shape index (κ3) is 3.30. The summed E-state index contributed by atoms with van der Waals surface area (Å²) >= 11 is 0. The Kier molecular flexibility index (Phi) is 5.14. The number of rotatable bonds is 5. The third-order valence-electron chi connectivity index (χ3n) is 3.96. The first kappa shape index (κ1) is 13.5. The largest absolute Gasteiger partial charge is 0.381 e. The zero-order chi connectivity index (χ0) is 12.8. The van der Waals surface area contributed by atoms with Crippen LogP contribution in [-0.2, 0) is 11.2 Å². The van der Waals surface area contributed by atoms with Gasteiger partial charge in [0, 0.05) is 31.6 Å². The molecule has 18 heavy (non-hydrogen) atoms. The maximum absolute atomic E-state index is 5.44. The summed E-state index contributed by atoms with van der Waals surface area (Å²) in [5.41, 5.74) is 2.78. The molecule has 1 unspecified atom stereocenters. The van der Waals surface area contributed by atoms with Gasteiger partial charge in [-0.15, -0.1) is 0 Å². The first-order valence-corrected chi connectivity index (χ1v) is 7.03. The first-order valence-electron chi connectivity index (χ1n) is 7.03. The van der Waals surface area contributed by atoms with Gasteiger partial charge >= 0.3 is 0 Å². The van der Waals surface area contributed by atoms with Crippen molar-refractivity contribution < 1.29 is 4.74 Å². The van der Waals surface area contributed by atoms with Gasteiger partial charge in [-0.3, -0.25) is 4.98 Å². The molecule has 0 aromatic carbocycles. The Morgan fingerprint density at radius 3 is 2.89 bits per heavy atom. The molecule has 0 amide bonds. The summed E-state index contributed by atoms with van der Waals surface area (Å²) in [5.74, 6) is 0.786. The van der Waals surface area contributed by atoms with Crippen molar-refractivity contribution in [1.82, 2.24) is 10.3 Å². The highest BCUT2D eigenvalue weighted by Crippen LogP contribution is 2.28. The molecule has 1 aromatic heterocycles. The average Bonchev–Trinajstić information content (AvgIpc) is 2.46. The van der Waals surface area contributed by atoms with E-state index in [1.165, 1.54) is 30.4 Å². The van der Waals surface area contributed by atoms with E-state index < -0.39 is 0 Å². The highest BCUT2D eigenvalue weighted by Gasteiger charge is 2.20. The predicted octanol–water partition coefficient (Wildman–Crippen LogP) is 2.72. The molecule has 0 aliphatic carbocycles. The van der Waals surface area contributed by atoms with Gasteiger partial charge in [0.1, 0.15) is 0 Å². The number of nitrogens with zero attached hydrogens (tertiary/aromatic N) is 1. The molecule has 2 rings (SSSR count). The van der Waals surface area contributed by atoms with Crippen LogP contribution in [0.4, 0.5) is 0 Å². The van der Waals surface area contributed by atoms with E-state index in [2.05, 4.69) is 30.3 Å². The van der Waals surface area contributed by atoms with Crippen LogP contribution in [0, 0.1) is 5.92 Å². The fourth-order valence-electron chi connectivity index (χ4n) is 2.79. The van der Waals surface area contributed by atoms with Gasteiger partial charge in [-0.25, -0.2) is 0 Å². The van der Waals surface area contributed by atoms with Gasteiger partial charge in [-0.1, -0.05) is 6.92 Å².